The minimum Gasteiger partial charge on any atom is -0.462 e. The highest BCUT2D eigenvalue weighted by Gasteiger charge is 2.25. The quantitative estimate of drug-likeness (QED) is 0.700. The number of nitrogens with zero attached hydrogens (tertiary/aromatic N) is 4. The van der Waals surface area contributed by atoms with Gasteiger partial charge in [0.25, 0.3) is 0 Å². The predicted octanol–water partition coefficient (Wildman–Crippen LogP) is 4.52. The molecule has 1 atom stereocenters. The van der Waals surface area contributed by atoms with Gasteiger partial charge < -0.3 is 14.5 Å². The zero-order valence-corrected chi connectivity index (χ0v) is 17.4. The number of anilines is 1. The summed E-state index contributed by atoms with van der Waals surface area (Å²) >= 11 is 6.12. The monoisotopic (exact) mass is 407 g/mol. The van der Waals surface area contributed by atoms with E-state index in [-0.39, 0.29) is 0 Å². The van der Waals surface area contributed by atoms with Gasteiger partial charge in [0.1, 0.15) is 5.76 Å². The van der Waals surface area contributed by atoms with Gasteiger partial charge in [-0.2, -0.15) is 0 Å². The molecule has 5 nitrogen and oxygen atoms in total. The molecule has 0 amide bonds. The van der Waals surface area contributed by atoms with Gasteiger partial charge in [0.2, 0.25) is 6.23 Å². The van der Waals surface area contributed by atoms with Crippen LogP contribution in [0.1, 0.15) is 18.1 Å². The molecule has 2 aliphatic heterocycles. The molecular weight excluding hydrogens is 384 g/mol. The molecule has 1 unspecified atom stereocenters. The van der Waals surface area contributed by atoms with Crippen molar-refractivity contribution in [3.05, 3.63) is 76.3 Å². The van der Waals surface area contributed by atoms with Gasteiger partial charge in [0.05, 0.1) is 0 Å². The van der Waals surface area contributed by atoms with Gasteiger partial charge in [-0.25, -0.2) is 0 Å². The summed E-state index contributed by atoms with van der Waals surface area (Å²) < 4.78 is 6.03. The highest BCUT2D eigenvalue weighted by Crippen LogP contribution is 2.36. The first-order valence-electron chi connectivity index (χ1n) is 9.78. The third-order valence-electron chi connectivity index (χ3n) is 5.49. The molecule has 149 valence electrons. The van der Waals surface area contributed by atoms with Gasteiger partial charge in [0, 0.05) is 48.0 Å². The van der Waals surface area contributed by atoms with Crippen molar-refractivity contribution >= 4 is 28.6 Å². The van der Waals surface area contributed by atoms with Gasteiger partial charge in [-0.15, -0.1) is 5.11 Å². The van der Waals surface area contributed by atoms with Crippen LogP contribution in [0.4, 0.5) is 5.69 Å². The molecule has 1 fully saturated rings. The smallest absolute Gasteiger partial charge is 0.237 e. The summed E-state index contributed by atoms with van der Waals surface area (Å²) in [6.07, 6.45) is 1.25. The van der Waals surface area contributed by atoms with E-state index in [0.717, 1.165) is 48.5 Å². The lowest BCUT2D eigenvalue weighted by Crippen LogP contribution is -2.44. The Balaban J connectivity index is 1.61. The SMILES string of the molecule is CC1=C(c2cccc(Cl)c2)OC(N=[N])C(c2ccc(N3CCN(C)CC3)cc2)=C1. The van der Waals surface area contributed by atoms with Crippen molar-refractivity contribution in [2.75, 3.05) is 38.1 Å². The number of ether oxygens (including phenoxy) is 1. The molecule has 2 aliphatic rings. The molecule has 1 saturated heterocycles. The van der Waals surface area contributed by atoms with Crippen LogP contribution in [0, 0.1) is 0 Å². The van der Waals surface area contributed by atoms with Gasteiger partial charge >= 0.3 is 0 Å². The number of rotatable bonds is 4. The van der Waals surface area contributed by atoms with Crippen LogP contribution in [0.15, 0.2) is 65.3 Å². The average molecular weight is 408 g/mol. The number of piperazine rings is 1. The second kappa shape index (κ2) is 8.39. The fourth-order valence-corrected chi connectivity index (χ4v) is 3.99. The van der Waals surface area contributed by atoms with Crippen molar-refractivity contribution < 1.29 is 4.74 Å². The maximum absolute atomic E-state index is 9.61. The molecule has 6 heteroatoms. The Hall–Kier alpha value is -2.63. The predicted molar refractivity (Wildman–Crippen MR) is 118 cm³/mol. The highest BCUT2D eigenvalue weighted by molar-refractivity contribution is 6.30. The van der Waals surface area contributed by atoms with E-state index in [2.05, 4.69) is 46.2 Å². The Morgan fingerprint density at radius 2 is 1.76 bits per heavy atom. The summed E-state index contributed by atoms with van der Waals surface area (Å²) in [7, 11) is 2.15. The fourth-order valence-electron chi connectivity index (χ4n) is 3.80. The third-order valence-corrected chi connectivity index (χ3v) is 5.72. The molecule has 2 aromatic carbocycles. The van der Waals surface area contributed by atoms with Gasteiger partial charge in [-0.1, -0.05) is 35.9 Å². The molecular formula is C23H24ClN4O. The zero-order valence-electron chi connectivity index (χ0n) is 16.7. The summed E-state index contributed by atoms with van der Waals surface area (Å²) in [4.78, 5) is 4.74. The van der Waals surface area contributed by atoms with Gasteiger partial charge in [0.15, 0.2) is 0 Å². The molecule has 2 heterocycles. The van der Waals surface area contributed by atoms with Crippen molar-refractivity contribution in [3.8, 4) is 0 Å². The summed E-state index contributed by atoms with van der Waals surface area (Å²) in [6, 6.07) is 15.9. The van der Waals surface area contributed by atoms with Crippen LogP contribution in [0.25, 0.3) is 11.3 Å². The first-order valence-corrected chi connectivity index (χ1v) is 10.2. The standard InChI is InChI=1S/C23H24ClN4O/c1-16-14-21(23(26-25)29-22(16)18-4-3-5-19(24)15-18)17-6-8-20(9-7-17)28-12-10-27(2)11-13-28/h3-9,14-15,23H,10-13H2,1-2H3. The molecule has 4 rings (SSSR count). The third kappa shape index (κ3) is 4.21. The first-order chi connectivity index (χ1) is 14.0. The summed E-state index contributed by atoms with van der Waals surface area (Å²) in [5.74, 6) is 0.674. The van der Waals surface area contributed by atoms with E-state index in [1.165, 1.54) is 5.69 Å². The van der Waals surface area contributed by atoms with Crippen LogP contribution in [0.5, 0.6) is 0 Å². The van der Waals surface area contributed by atoms with Crippen molar-refractivity contribution in [2.24, 2.45) is 5.11 Å². The Morgan fingerprint density at radius 1 is 1.03 bits per heavy atom. The van der Waals surface area contributed by atoms with Crippen LogP contribution < -0.4 is 10.4 Å². The Labute approximate surface area is 176 Å². The van der Waals surface area contributed by atoms with Crippen molar-refractivity contribution in [1.82, 2.24) is 10.4 Å². The van der Waals surface area contributed by atoms with Crippen LogP contribution in [-0.4, -0.2) is 44.4 Å². The lowest BCUT2D eigenvalue weighted by Gasteiger charge is -2.34. The average Bonchev–Trinajstić information content (AvgIpc) is 2.74. The normalized spacial score (nSPS) is 20.3. The van der Waals surface area contributed by atoms with Gasteiger partial charge in [-0.05, 0) is 61.0 Å². The fraction of sp³-hybridized carbons (Fsp3) is 0.304. The van der Waals surface area contributed by atoms with Crippen molar-refractivity contribution in [3.63, 3.8) is 0 Å². The van der Waals surface area contributed by atoms with E-state index in [9.17, 15) is 5.53 Å². The van der Waals surface area contributed by atoms with Gasteiger partial charge in [-0.3, -0.25) is 0 Å². The van der Waals surface area contributed by atoms with E-state index in [1.807, 2.05) is 37.3 Å². The molecule has 0 aromatic heterocycles. The van der Waals surface area contributed by atoms with E-state index in [4.69, 9.17) is 16.3 Å². The molecule has 0 N–H and O–H groups in total. The van der Waals surface area contributed by atoms with Crippen LogP contribution in [0.3, 0.4) is 0 Å². The first kappa shape index (κ1) is 19.7. The molecule has 0 saturated carbocycles. The topological polar surface area (TPSA) is 50.4 Å². The molecule has 29 heavy (non-hydrogen) atoms. The lowest BCUT2D eigenvalue weighted by molar-refractivity contribution is 0.217. The van der Waals surface area contributed by atoms with Crippen LogP contribution >= 0.6 is 11.6 Å². The highest BCUT2D eigenvalue weighted by atomic mass is 35.5. The zero-order chi connectivity index (χ0) is 20.4. The second-order valence-corrected chi connectivity index (χ2v) is 7.98. The van der Waals surface area contributed by atoms with Crippen LogP contribution in [0.2, 0.25) is 5.02 Å². The number of likely N-dealkylation sites (N-methyl/N-ethyl adjacent to an activating group) is 1. The summed E-state index contributed by atoms with van der Waals surface area (Å²) in [5.41, 5.74) is 14.5. The lowest BCUT2D eigenvalue weighted by atomic mass is 9.97. The summed E-state index contributed by atoms with van der Waals surface area (Å²) in [5, 5.41) is 4.12. The maximum Gasteiger partial charge on any atom is 0.237 e. The Kier molecular flexibility index (Phi) is 5.69. The Morgan fingerprint density at radius 3 is 2.41 bits per heavy atom. The molecule has 0 aliphatic carbocycles. The molecule has 0 spiro atoms. The number of hydrogen-bond acceptors (Lipinski definition) is 4. The number of halogens is 1. The number of hydrogen-bond donors (Lipinski definition) is 0. The van der Waals surface area contributed by atoms with E-state index in [1.54, 1.807) is 0 Å². The minimum atomic E-state index is -0.776. The maximum atomic E-state index is 9.61. The number of benzene rings is 2. The second-order valence-electron chi connectivity index (χ2n) is 7.55. The number of allylic oxidation sites excluding steroid dienone is 2. The molecule has 2 aromatic rings. The van der Waals surface area contributed by atoms with E-state index >= 15 is 0 Å². The largest absolute Gasteiger partial charge is 0.462 e. The van der Waals surface area contributed by atoms with Crippen LogP contribution in [-0.2, 0) is 4.74 Å². The Bertz CT molecular complexity index is 959. The van der Waals surface area contributed by atoms with Crippen molar-refractivity contribution in [1.29, 1.82) is 0 Å². The molecule has 1 radical (unpaired) electrons. The van der Waals surface area contributed by atoms with E-state index in [0.29, 0.717) is 10.8 Å². The van der Waals surface area contributed by atoms with Crippen molar-refractivity contribution in [2.45, 2.75) is 13.2 Å². The van der Waals surface area contributed by atoms with E-state index < -0.39 is 6.23 Å². The minimum absolute atomic E-state index is 0.637. The summed E-state index contributed by atoms with van der Waals surface area (Å²) in [6.45, 7) is 6.19. The molecule has 0 bridgehead atoms.